The zero-order valence-corrected chi connectivity index (χ0v) is 12.5. The van der Waals surface area contributed by atoms with Crippen molar-refractivity contribution in [2.24, 2.45) is 0 Å². The van der Waals surface area contributed by atoms with Crippen LogP contribution in [-0.2, 0) is 28.9 Å². The summed E-state index contributed by atoms with van der Waals surface area (Å²) in [7, 11) is 0. The van der Waals surface area contributed by atoms with E-state index < -0.39 is 5.97 Å². The summed E-state index contributed by atoms with van der Waals surface area (Å²) < 4.78 is 0. The van der Waals surface area contributed by atoms with Gasteiger partial charge < -0.3 is 10.4 Å². The number of benzene rings is 1. The smallest absolute Gasteiger partial charge is 0.305 e. The van der Waals surface area contributed by atoms with Crippen LogP contribution >= 0.6 is 0 Å². The number of aliphatic carboxylic acids is 1. The number of hydrogen-bond donors (Lipinski definition) is 2. The zero-order valence-electron chi connectivity index (χ0n) is 12.5. The molecule has 4 nitrogen and oxygen atoms in total. The summed E-state index contributed by atoms with van der Waals surface area (Å²) >= 11 is 0. The van der Waals surface area contributed by atoms with E-state index in [0.717, 1.165) is 24.8 Å². The summed E-state index contributed by atoms with van der Waals surface area (Å²) in [6, 6.07) is 5.98. The molecule has 0 fully saturated rings. The molecule has 4 heteroatoms. The number of nitrogens with one attached hydrogen (secondary N) is 1. The van der Waals surface area contributed by atoms with E-state index in [0.29, 0.717) is 12.8 Å². The van der Waals surface area contributed by atoms with Gasteiger partial charge in [-0.15, -0.1) is 0 Å². The largest absolute Gasteiger partial charge is 0.481 e. The summed E-state index contributed by atoms with van der Waals surface area (Å²) in [4.78, 5) is 22.9. The Bertz CT molecular complexity index is 525. The first kappa shape index (κ1) is 15.5. The molecule has 0 bridgehead atoms. The average Bonchev–Trinajstić information content (AvgIpc) is 2.85. The van der Waals surface area contributed by atoms with E-state index in [4.69, 9.17) is 5.11 Å². The number of fused-ring (bicyclic) bond motifs is 1. The predicted octanol–water partition coefficient (Wildman–Crippen LogP) is 2.48. The minimum Gasteiger partial charge on any atom is -0.481 e. The molecule has 0 spiro atoms. The van der Waals surface area contributed by atoms with E-state index >= 15 is 0 Å². The molecule has 2 rings (SSSR count). The minimum absolute atomic E-state index is 0.0102. The van der Waals surface area contributed by atoms with Crippen molar-refractivity contribution in [3.63, 3.8) is 0 Å². The van der Waals surface area contributed by atoms with Gasteiger partial charge in [-0.3, -0.25) is 9.59 Å². The first-order valence-electron chi connectivity index (χ1n) is 7.70. The predicted molar refractivity (Wildman–Crippen MR) is 81.3 cm³/mol. The summed E-state index contributed by atoms with van der Waals surface area (Å²) in [6.45, 7) is 1.99. The van der Waals surface area contributed by atoms with Gasteiger partial charge in [0.1, 0.15) is 0 Å². The second kappa shape index (κ2) is 7.25. The van der Waals surface area contributed by atoms with Crippen molar-refractivity contribution in [3.8, 4) is 0 Å². The van der Waals surface area contributed by atoms with Crippen molar-refractivity contribution in [1.29, 1.82) is 0 Å². The van der Waals surface area contributed by atoms with E-state index in [1.807, 2.05) is 13.0 Å². The van der Waals surface area contributed by atoms with Crippen molar-refractivity contribution >= 4 is 11.9 Å². The monoisotopic (exact) mass is 289 g/mol. The molecular weight excluding hydrogens is 266 g/mol. The van der Waals surface area contributed by atoms with Crippen LogP contribution in [0.25, 0.3) is 0 Å². The Morgan fingerprint density at radius 1 is 1.29 bits per heavy atom. The lowest BCUT2D eigenvalue weighted by Crippen LogP contribution is -2.37. The fourth-order valence-corrected chi connectivity index (χ4v) is 2.98. The van der Waals surface area contributed by atoms with E-state index in [9.17, 15) is 9.59 Å². The van der Waals surface area contributed by atoms with Gasteiger partial charge in [0.25, 0.3) is 0 Å². The van der Waals surface area contributed by atoms with Gasteiger partial charge in [0.05, 0.1) is 12.8 Å². The maximum atomic E-state index is 12.1. The zero-order chi connectivity index (χ0) is 15.2. The van der Waals surface area contributed by atoms with Crippen LogP contribution in [0, 0.1) is 0 Å². The molecule has 1 atom stereocenters. The molecule has 1 aromatic rings. The Hall–Kier alpha value is -1.84. The average molecular weight is 289 g/mol. The Morgan fingerprint density at radius 2 is 2.05 bits per heavy atom. The fraction of sp³-hybridized carbons (Fsp3) is 0.529. The van der Waals surface area contributed by atoms with Gasteiger partial charge in [-0.25, -0.2) is 0 Å². The van der Waals surface area contributed by atoms with Crippen LogP contribution in [0.15, 0.2) is 18.2 Å². The molecule has 0 heterocycles. The van der Waals surface area contributed by atoms with E-state index in [1.165, 1.54) is 17.5 Å². The second-order valence-electron chi connectivity index (χ2n) is 5.78. The summed E-state index contributed by atoms with van der Waals surface area (Å²) in [5, 5.41) is 11.7. The normalized spacial score (nSPS) is 14.5. The number of aryl methyl sites for hydroxylation is 2. The van der Waals surface area contributed by atoms with Crippen molar-refractivity contribution in [2.75, 3.05) is 0 Å². The van der Waals surface area contributed by atoms with Crippen LogP contribution in [0.3, 0.4) is 0 Å². The maximum absolute atomic E-state index is 12.1. The molecule has 0 saturated heterocycles. The molecule has 1 amide bonds. The van der Waals surface area contributed by atoms with Gasteiger partial charge in [0.2, 0.25) is 5.91 Å². The third-order valence-electron chi connectivity index (χ3n) is 3.95. The van der Waals surface area contributed by atoms with Gasteiger partial charge >= 0.3 is 5.97 Å². The number of rotatable bonds is 7. The van der Waals surface area contributed by atoms with Crippen LogP contribution in [-0.4, -0.2) is 23.0 Å². The lowest BCUT2D eigenvalue weighted by molar-refractivity contribution is -0.137. The second-order valence-corrected chi connectivity index (χ2v) is 5.78. The SMILES string of the molecule is CCCC(CC(=O)O)NC(=O)Cc1ccc2c(c1)CCC2. The molecule has 0 saturated carbocycles. The highest BCUT2D eigenvalue weighted by Crippen LogP contribution is 2.23. The number of amides is 1. The molecule has 2 N–H and O–H groups in total. The summed E-state index contributed by atoms with van der Waals surface area (Å²) in [5.41, 5.74) is 3.77. The number of carbonyl (C=O) groups excluding carboxylic acids is 1. The van der Waals surface area contributed by atoms with Gasteiger partial charge in [-0.2, -0.15) is 0 Å². The van der Waals surface area contributed by atoms with Crippen LogP contribution in [0.5, 0.6) is 0 Å². The molecule has 0 aromatic heterocycles. The maximum Gasteiger partial charge on any atom is 0.305 e. The molecule has 1 aliphatic rings. The number of carboxylic acids is 1. The fourth-order valence-electron chi connectivity index (χ4n) is 2.98. The van der Waals surface area contributed by atoms with Crippen LogP contribution < -0.4 is 5.32 Å². The minimum atomic E-state index is -0.869. The molecule has 114 valence electrons. The summed E-state index contributed by atoms with van der Waals surface area (Å²) in [5.74, 6) is -0.959. The molecule has 0 aliphatic heterocycles. The highest BCUT2D eigenvalue weighted by molar-refractivity contribution is 5.79. The number of hydrogen-bond acceptors (Lipinski definition) is 2. The Morgan fingerprint density at radius 3 is 2.76 bits per heavy atom. The molecule has 21 heavy (non-hydrogen) atoms. The Labute approximate surface area is 125 Å². The van der Waals surface area contributed by atoms with Gasteiger partial charge in [-0.05, 0) is 42.4 Å². The standard InChI is InChI=1S/C17H23NO3/c1-2-4-15(11-17(20)21)18-16(19)10-12-7-8-13-5-3-6-14(13)9-12/h7-9,15H,2-6,10-11H2,1H3,(H,18,19)(H,20,21). The van der Waals surface area contributed by atoms with E-state index in [2.05, 4.69) is 17.4 Å². The third-order valence-corrected chi connectivity index (χ3v) is 3.95. The van der Waals surface area contributed by atoms with Gasteiger partial charge in [-0.1, -0.05) is 31.5 Å². The quantitative estimate of drug-likeness (QED) is 0.810. The van der Waals surface area contributed by atoms with E-state index in [1.54, 1.807) is 0 Å². The van der Waals surface area contributed by atoms with Crippen molar-refractivity contribution in [2.45, 2.75) is 57.9 Å². The lowest BCUT2D eigenvalue weighted by atomic mass is 10.0. The molecule has 1 aliphatic carbocycles. The van der Waals surface area contributed by atoms with E-state index in [-0.39, 0.29) is 18.4 Å². The molecular formula is C17H23NO3. The lowest BCUT2D eigenvalue weighted by Gasteiger charge is -2.16. The van der Waals surface area contributed by atoms with Crippen molar-refractivity contribution in [1.82, 2.24) is 5.32 Å². The Kier molecular flexibility index (Phi) is 5.37. The number of carboxylic acid groups (broad SMARTS) is 1. The highest BCUT2D eigenvalue weighted by atomic mass is 16.4. The van der Waals surface area contributed by atoms with Gasteiger partial charge in [0.15, 0.2) is 0 Å². The molecule has 1 aromatic carbocycles. The van der Waals surface area contributed by atoms with Crippen LogP contribution in [0.2, 0.25) is 0 Å². The van der Waals surface area contributed by atoms with Crippen LogP contribution in [0.4, 0.5) is 0 Å². The first-order valence-corrected chi connectivity index (χ1v) is 7.70. The Balaban J connectivity index is 1.92. The summed E-state index contributed by atoms with van der Waals surface area (Å²) in [6.07, 6.45) is 5.31. The molecule has 0 radical (unpaired) electrons. The first-order chi connectivity index (χ1) is 10.1. The molecule has 1 unspecified atom stereocenters. The van der Waals surface area contributed by atoms with Gasteiger partial charge in [0, 0.05) is 6.04 Å². The third kappa shape index (κ3) is 4.59. The van der Waals surface area contributed by atoms with Crippen molar-refractivity contribution < 1.29 is 14.7 Å². The number of carbonyl (C=O) groups is 2. The highest BCUT2D eigenvalue weighted by Gasteiger charge is 2.16. The topological polar surface area (TPSA) is 66.4 Å². The van der Waals surface area contributed by atoms with Crippen LogP contribution in [0.1, 0.15) is 49.3 Å². The van der Waals surface area contributed by atoms with Crippen molar-refractivity contribution in [3.05, 3.63) is 34.9 Å².